The number of hydrogen-bond acceptors (Lipinski definition) is 3. The molecule has 1 aromatic carbocycles. The number of benzene rings is 1. The summed E-state index contributed by atoms with van der Waals surface area (Å²) in [5.74, 6) is 0. The fourth-order valence-corrected chi connectivity index (χ4v) is 1.82. The van der Waals surface area contributed by atoms with Gasteiger partial charge in [-0.25, -0.2) is 4.79 Å². The molecule has 1 saturated heterocycles. The largest absolute Gasteiger partial charge is 0.447 e. The van der Waals surface area contributed by atoms with Gasteiger partial charge >= 0.3 is 6.09 Å². The number of nitrogens with zero attached hydrogens (tertiary/aromatic N) is 1. The minimum Gasteiger partial charge on any atom is -0.447 e. The van der Waals surface area contributed by atoms with Gasteiger partial charge in [0.15, 0.2) is 0 Å². The zero-order valence-electron chi connectivity index (χ0n) is 24.0. The van der Waals surface area contributed by atoms with Crippen LogP contribution < -0.4 is 5.32 Å². The molecule has 3 rings (SSSR count). The van der Waals surface area contributed by atoms with E-state index in [1.54, 1.807) is 0 Å². The zero-order valence-corrected chi connectivity index (χ0v) is 11.0. The first-order valence-corrected chi connectivity index (χ1v) is 5.99. The Hall–Kier alpha value is -2.01. The average Bonchev–Trinajstić information content (AvgIpc) is 3.11. The predicted octanol–water partition coefficient (Wildman–Crippen LogP) is 1.92. The van der Waals surface area contributed by atoms with Crippen LogP contribution in [0, 0.1) is 0 Å². The van der Waals surface area contributed by atoms with Gasteiger partial charge in [-0.1, -0.05) is 6.07 Å². The molecule has 0 spiro atoms. The first-order chi connectivity index (χ1) is 15.1. The van der Waals surface area contributed by atoms with Crippen LogP contribution in [0.4, 0.5) is 4.79 Å². The summed E-state index contributed by atoms with van der Waals surface area (Å²) < 4.78 is 109. The first-order valence-electron chi connectivity index (χ1n) is 12.5. The average molecular weight is 300 g/mol. The van der Waals surface area contributed by atoms with E-state index in [9.17, 15) is 4.79 Å². The molecular formula is C16H21N3O2. The Morgan fingerprint density at radius 2 is 2.62 bits per heavy atom. The van der Waals surface area contributed by atoms with Crippen molar-refractivity contribution >= 4 is 17.0 Å². The van der Waals surface area contributed by atoms with Crippen molar-refractivity contribution in [2.45, 2.75) is 18.8 Å². The second-order valence-electron chi connectivity index (χ2n) is 4.30. The number of cyclic esters (lactones) is 1. The quantitative estimate of drug-likeness (QED) is 0.887. The van der Waals surface area contributed by atoms with Gasteiger partial charge in [0.1, 0.15) is 6.56 Å². The van der Waals surface area contributed by atoms with Gasteiger partial charge in [-0.15, -0.1) is 0 Å². The van der Waals surface area contributed by atoms with Crippen LogP contribution >= 0.6 is 0 Å². The predicted molar refractivity (Wildman–Crippen MR) is 82.5 cm³/mol. The number of likely N-dealkylation sites (N-methyl/N-ethyl adjacent to an activating group) is 1. The highest BCUT2D eigenvalue weighted by atomic mass is 16.6. The number of alkyl carbamates (subject to hydrolysis) is 1. The Labute approximate surface area is 142 Å². The summed E-state index contributed by atoms with van der Waals surface area (Å²) in [6.07, 6.45) is -7.99. The summed E-state index contributed by atoms with van der Waals surface area (Å²) in [5.41, 5.74) is -0.912. The Morgan fingerprint density at radius 3 is 3.38 bits per heavy atom. The Bertz CT molecular complexity index is 1140. The SMILES string of the molecule is [2H]c1[nH]c2ccc(C([2H])([2H])[C@]3([2H])NC(=O)OC3([2H])[2H])cc2c1C([2H])([2H])C([2H])([2H])N(C)C([2H])([2H])[2H]. The van der Waals surface area contributed by atoms with Crippen LogP contribution in [0.5, 0.6) is 0 Å². The van der Waals surface area contributed by atoms with E-state index in [1.807, 2.05) is 5.32 Å². The molecule has 1 fully saturated rings. The smallest absolute Gasteiger partial charge is 0.407 e. The van der Waals surface area contributed by atoms with E-state index < -0.39 is 62.2 Å². The molecular weight excluding hydrogens is 266 g/mol. The molecule has 112 valence electrons. The minimum atomic E-state index is -3.15. The van der Waals surface area contributed by atoms with Gasteiger partial charge < -0.3 is 19.9 Å². The van der Waals surface area contributed by atoms with E-state index in [1.165, 1.54) is 6.07 Å². The van der Waals surface area contributed by atoms with Crippen molar-refractivity contribution in [3.63, 3.8) is 0 Å². The molecule has 2 N–H and O–H groups in total. The van der Waals surface area contributed by atoms with E-state index >= 15 is 0 Å². The lowest BCUT2D eigenvalue weighted by atomic mass is 10.0. The summed E-state index contributed by atoms with van der Waals surface area (Å²) >= 11 is 0. The maximum Gasteiger partial charge on any atom is 0.407 e. The molecule has 5 heteroatoms. The number of hydrogen-bond donors (Lipinski definition) is 2. The number of amides is 1. The number of aryl methyl sites for hydroxylation is 1. The topological polar surface area (TPSA) is 57.4 Å². The minimum absolute atomic E-state index is 0.0875. The third kappa shape index (κ3) is 3.19. The van der Waals surface area contributed by atoms with Crippen molar-refractivity contribution in [1.29, 1.82) is 0 Å². The lowest BCUT2D eigenvalue weighted by molar-refractivity contribution is 0.177. The van der Waals surface area contributed by atoms with Gasteiger partial charge in [-0.05, 0) is 50.0 Å². The van der Waals surface area contributed by atoms with Gasteiger partial charge in [0, 0.05) is 35.9 Å². The fraction of sp³-hybridized carbons (Fsp3) is 0.438. The van der Waals surface area contributed by atoms with Crippen molar-refractivity contribution < 1.29 is 27.4 Å². The number of carbonyl (C=O) groups excluding carboxylic acids is 1. The normalized spacial score (nSPS) is 35.9. The van der Waals surface area contributed by atoms with Crippen LogP contribution in [0.15, 0.2) is 24.4 Å². The summed E-state index contributed by atoms with van der Waals surface area (Å²) in [6, 6.07) is 0.414. The molecule has 1 aliphatic rings. The van der Waals surface area contributed by atoms with Crippen molar-refractivity contribution in [2.75, 3.05) is 27.1 Å². The Morgan fingerprint density at radius 1 is 1.71 bits per heavy atom. The second kappa shape index (κ2) is 5.77. The number of aromatic nitrogens is 1. The molecule has 2 aromatic rings. The molecule has 1 amide bonds. The summed E-state index contributed by atoms with van der Waals surface area (Å²) in [7, 11) is 0.863. The highest BCUT2D eigenvalue weighted by molar-refractivity contribution is 5.84. The van der Waals surface area contributed by atoms with E-state index in [-0.39, 0.29) is 15.8 Å². The summed E-state index contributed by atoms with van der Waals surface area (Å²) in [5, 5.41) is 1.63. The third-order valence-electron chi connectivity index (χ3n) is 2.70. The number of H-pyrrole nitrogens is 1. The molecule has 21 heavy (non-hydrogen) atoms. The zero-order chi connectivity index (χ0) is 26.3. The number of aromatic amines is 1. The van der Waals surface area contributed by atoms with Crippen molar-refractivity contribution in [3.05, 3.63) is 35.5 Å². The van der Waals surface area contributed by atoms with Crippen LogP contribution in [0.3, 0.4) is 0 Å². The fourth-order valence-electron chi connectivity index (χ4n) is 1.82. The van der Waals surface area contributed by atoms with Crippen molar-refractivity contribution in [1.82, 2.24) is 15.2 Å². The van der Waals surface area contributed by atoms with Crippen LogP contribution in [-0.4, -0.2) is 49.1 Å². The van der Waals surface area contributed by atoms with Crippen LogP contribution in [0.2, 0.25) is 0 Å². The highest BCUT2D eigenvalue weighted by Crippen LogP contribution is 2.21. The monoisotopic (exact) mass is 300 g/mol. The van der Waals surface area contributed by atoms with Crippen LogP contribution in [-0.2, 0) is 17.5 Å². The Kier molecular flexibility index (Phi) is 1.46. The molecule has 1 aliphatic heterocycles. The van der Waals surface area contributed by atoms with Gasteiger partial charge in [0.2, 0.25) is 0 Å². The molecule has 0 bridgehead atoms. The van der Waals surface area contributed by atoms with Crippen molar-refractivity contribution in [3.8, 4) is 0 Å². The van der Waals surface area contributed by atoms with Crippen molar-refractivity contribution in [2.24, 2.45) is 0 Å². The summed E-state index contributed by atoms with van der Waals surface area (Å²) in [4.78, 5) is 14.3. The van der Waals surface area contributed by atoms with Gasteiger partial charge in [0.25, 0.3) is 0 Å². The molecule has 5 nitrogen and oxygen atoms in total. The molecule has 1 aromatic heterocycles. The first kappa shape index (κ1) is 5.32. The number of nitrogens with one attached hydrogen (secondary N) is 2. The lowest BCUT2D eigenvalue weighted by Gasteiger charge is -2.09. The van der Waals surface area contributed by atoms with Crippen LogP contribution in [0.25, 0.3) is 10.9 Å². The van der Waals surface area contributed by atoms with E-state index in [0.717, 1.165) is 19.2 Å². The van der Waals surface area contributed by atoms with E-state index in [2.05, 4.69) is 9.72 Å². The standard InChI is InChI=1S/C16H21N3O2/c1-19(2)6-5-12-9-17-15-4-3-11(8-14(12)15)7-13-10-21-16(20)18-13/h3-4,8-9,13,17H,5-7,10H2,1-2H3,(H,18,20)/t13-/m0/s1/i1D3,5D2,6D2,7D2,9D,10D2,13D. The number of fused-ring (bicyclic) bond motifs is 1. The second-order valence-corrected chi connectivity index (χ2v) is 4.30. The van der Waals surface area contributed by atoms with Gasteiger partial charge in [-0.3, -0.25) is 0 Å². The van der Waals surface area contributed by atoms with E-state index in [0.29, 0.717) is 0 Å². The third-order valence-corrected chi connectivity index (χ3v) is 2.70. The Balaban J connectivity index is 2.22. The molecule has 1 atom stereocenters. The van der Waals surface area contributed by atoms with E-state index in [4.69, 9.17) is 17.8 Å². The maximum absolute atomic E-state index is 11.6. The maximum atomic E-state index is 11.6. The lowest BCUT2D eigenvalue weighted by Crippen LogP contribution is -2.28. The summed E-state index contributed by atoms with van der Waals surface area (Å²) in [6.45, 7) is -9.25. The molecule has 0 radical (unpaired) electrons. The number of rotatable bonds is 5. The van der Waals surface area contributed by atoms with Gasteiger partial charge in [-0.2, -0.15) is 0 Å². The molecule has 0 unspecified atom stereocenters. The number of ether oxygens (including phenoxy) is 1. The molecule has 0 aliphatic carbocycles. The molecule has 0 saturated carbocycles. The number of carbonyl (C=O) groups is 1. The van der Waals surface area contributed by atoms with Gasteiger partial charge in [0.05, 0.1) is 11.5 Å². The highest BCUT2D eigenvalue weighted by Gasteiger charge is 2.22. The van der Waals surface area contributed by atoms with Crippen LogP contribution in [0.1, 0.15) is 28.9 Å². The molecule has 2 heterocycles.